The van der Waals surface area contributed by atoms with Crippen molar-refractivity contribution in [1.82, 2.24) is 10.6 Å². The van der Waals surface area contributed by atoms with Crippen LogP contribution in [0.5, 0.6) is 0 Å². The maximum Gasteiger partial charge on any atom is 0.324 e. The van der Waals surface area contributed by atoms with Crippen LogP contribution in [0.4, 0.5) is 0 Å². The van der Waals surface area contributed by atoms with Crippen LogP contribution in [0.15, 0.2) is 54.6 Å². The Morgan fingerprint density at radius 2 is 1.62 bits per heavy atom. The third kappa shape index (κ3) is 3.13. The number of amides is 2. The first kappa shape index (κ1) is 19.3. The number of hydrogen-bond acceptors (Lipinski definition) is 4. The Morgan fingerprint density at radius 3 is 2.21 bits per heavy atom. The summed E-state index contributed by atoms with van der Waals surface area (Å²) in [7, 11) is 0. The van der Waals surface area contributed by atoms with Gasteiger partial charge in [0, 0.05) is 6.04 Å². The highest BCUT2D eigenvalue weighted by Gasteiger charge is 2.66. The lowest BCUT2D eigenvalue weighted by Crippen LogP contribution is -2.56. The van der Waals surface area contributed by atoms with Gasteiger partial charge >= 0.3 is 5.97 Å². The molecule has 2 aromatic carbocycles. The number of carbonyl (C=O) groups is 3. The highest BCUT2D eigenvalue weighted by Crippen LogP contribution is 2.48. The molecule has 0 bridgehead atoms. The number of fused-ring (bicyclic) bond motifs is 1. The van der Waals surface area contributed by atoms with Gasteiger partial charge in [0.1, 0.15) is 5.54 Å². The summed E-state index contributed by atoms with van der Waals surface area (Å²) in [4.78, 5) is 37.4. The fraction of sp³-hybridized carbons (Fsp3) is 0.348. The first-order chi connectivity index (χ1) is 13.8. The van der Waals surface area contributed by atoms with Crippen LogP contribution >= 0.6 is 0 Å². The van der Waals surface area contributed by atoms with E-state index in [9.17, 15) is 19.5 Å². The molecule has 2 saturated heterocycles. The molecule has 2 amide bonds. The number of rotatable bonds is 5. The number of hydrogen-bond donors (Lipinski definition) is 3. The van der Waals surface area contributed by atoms with Crippen LogP contribution in [0.25, 0.3) is 11.1 Å². The molecule has 2 aliphatic rings. The lowest BCUT2D eigenvalue weighted by atomic mass is 9.75. The molecule has 4 atom stereocenters. The fourth-order valence-corrected chi connectivity index (χ4v) is 4.84. The SMILES string of the molecule is CC(C)CC1(C(=O)O)NC(c2ccc(-c3ccccc3)cc2)C2C(=O)NC(=O)C21. The third-order valence-electron chi connectivity index (χ3n) is 5.98. The van der Waals surface area contributed by atoms with Crippen molar-refractivity contribution in [1.29, 1.82) is 0 Å². The summed E-state index contributed by atoms with van der Waals surface area (Å²) in [5, 5.41) is 15.6. The monoisotopic (exact) mass is 392 g/mol. The van der Waals surface area contributed by atoms with Crippen molar-refractivity contribution in [3.05, 3.63) is 60.2 Å². The van der Waals surface area contributed by atoms with E-state index < -0.39 is 41.2 Å². The van der Waals surface area contributed by atoms with Crippen LogP contribution in [-0.4, -0.2) is 28.4 Å². The van der Waals surface area contributed by atoms with Crippen molar-refractivity contribution in [3.63, 3.8) is 0 Å². The molecule has 29 heavy (non-hydrogen) atoms. The minimum Gasteiger partial charge on any atom is -0.480 e. The molecule has 0 saturated carbocycles. The quantitative estimate of drug-likeness (QED) is 0.680. The van der Waals surface area contributed by atoms with Crippen molar-refractivity contribution < 1.29 is 19.5 Å². The number of nitrogens with one attached hydrogen (secondary N) is 2. The number of carboxylic acids is 1. The molecule has 3 N–H and O–H groups in total. The predicted octanol–water partition coefficient (Wildman–Crippen LogP) is 2.76. The largest absolute Gasteiger partial charge is 0.480 e. The van der Waals surface area contributed by atoms with Crippen LogP contribution < -0.4 is 10.6 Å². The second kappa shape index (κ2) is 7.12. The average molecular weight is 392 g/mol. The molecule has 0 radical (unpaired) electrons. The molecule has 2 aliphatic heterocycles. The summed E-state index contributed by atoms with van der Waals surface area (Å²) in [5.41, 5.74) is 1.45. The van der Waals surface area contributed by atoms with Gasteiger partial charge in [0.2, 0.25) is 11.8 Å². The Kier molecular flexibility index (Phi) is 4.74. The summed E-state index contributed by atoms with van der Waals surface area (Å²) in [6.07, 6.45) is 0.267. The van der Waals surface area contributed by atoms with E-state index >= 15 is 0 Å². The topological polar surface area (TPSA) is 95.5 Å². The van der Waals surface area contributed by atoms with Gasteiger partial charge in [-0.1, -0.05) is 68.4 Å². The molecular formula is C23H24N2O4. The number of imide groups is 1. The average Bonchev–Trinajstić information content (AvgIpc) is 3.19. The summed E-state index contributed by atoms with van der Waals surface area (Å²) < 4.78 is 0. The smallest absolute Gasteiger partial charge is 0.324 e. The van der Waals surface area contributed by atoms with Gasteiger partial charge in [-0.15, -0.1) is 0 Å². The lowest BCUT2D eigenvalue weighted by Gasteiger charge is -2.31. The number of aliphatic carboxylic acids is 1. The second-order valence-electron chi connectivity index (χ2n) is 8.34. The van der Waals surface area contributed by atoms with E-state index in [1.165, 1.54) is 0 Å². The summed E-state index contributed by atoms with van der Waals surface area (Å²) >= 11 is 0. The van der Waals surface area contributed by atoms with Gasteiger partial charge in [0.15, 0.2) is 0 Å². The molecule has 0 aromatic heterocycles. The standard InChI is InChI=1S/C23H24N2O4/c1-13(2)12-23(22(28)29)18-17(20(26)24-21(18)27)19(25-23)16-10-8-15(9-11-16)14-6-4-3-5-7-14/h3-11,13,17-19,25H,12H2,1-2H3,(H,28,29)(H,24,26,27). The highest BCUT2D eigenvalue weighted by atomic mass is 16.4. The van der Waals surface area contributed by atoms with Crippen LogP contribution in [-0.2, 0) is 14.4 Å². The van der Waals surface area contributed by atoms with Gasteiger partial charge in [0.25, 0.3) is 0 Å². The number of carboxylic acid groups (broad SMARTS) is 1. The zero-order valence-corrected chi connectivity index (χ0v) is 16.4. The zero-order chi connectivity index (χ0) is 20.8. The van der Waals surface area contributed by atoms with Crippen molar-refractivity contribution in [2.45, 2.75) is 31.8 Å². The Hall–Kier alpha value is -2.99. The van der Waals surface area contributed by atoms with Crippen molar-refractivity contribution in [3.8, 4) is 11.1 Å². The minimum atomic E-state index is -1.46. The van der Waals surface area contributed by atoms with Crippen molar-refractivity contribution >= 4 is 17.8 Å². The molecule has 150 valence electrons. The summed E-state index contributed by atoms with van der Waals surface area (Å²) in [6.45, 7) is 3.83. The summed E-state index contributed by atoms with van der Waals surface area (Å²) in [5.74, 6) is -3.61. The lowest BCUT2D eigenvalue weighted by molar-refractivity contribution is -0.150. The van der Waals surface area contributed by atoms with E-state index in [0.717, 1.165) is 16.7 Å². The van der Waals surface area contributed by atoms with Gasteiger partial charge in [0.05, 0.1) is 11.8 Å². The Labute approximate surface area is 169 Å². The van der Waals surface area contributed by atoms with E-state index in [0.29, 0.717) is 0 Å². The van der Waals surface area contributed by atoms with E-state index in [1.807, 2.05) is 68.4 Å². The zero-order valence-electron chi connectivity index (χ0n) is 16.4. The van der Waals surface area contributed by atoms with Crippen LogP contribution in [0.1, 0.15) is 31.9 Å². The van der Waals surface area contributed by atoms with Crippen LogP contribution in [0.2, 0.25) is 0 Å². The van der Waals surface area contributed by atoms with E-state index in [2.05, 4.69) is 10.6 Å². The number of carbonyl (C=O) groups excluding carboxylic acids is 2. The highest BCUT2D eigenvalue weighted by molar-refractivity contribution is 6.09. The molecule has 6 heteroatoms. The normalized spacial score (nSPS) is 28.4. The predicted molar refractivity (Wildman–Crippen MR) is 108 cm³/mol. The first-order valence-corrected chi connectivity index (χ1v) is 9.84. The molecule has 2 fully saturated rings. The van der Waals surface area contributed by atoms with Gasteiger partial charge in [-0.2, -0.15) is 0 Å². The first-order valence-electron chi connectivity index (χ1n) is 9.84. The van der Waals surface area contributed by atoms with Gasteiger partial charge in [-0.3, -0.25) is 25.0 Å². The maximum atomic E-state index is 12.6. The Morgan fingerprint density at radius 1 is 1.00 bits per heavy atom. The molecule has 2 aromatic rings. The molecule has 2 heterocycles. The second-order valence-corrected chi connectivity index (χ2v) is 8.34. The van der Waals surface area contributed by atoms with Gasteiger partial charge in [-0.05, 0) is 29.0 Å². The van der Waals surface area contributed by atoms with E-state index in [4.69, 9.17) is 0 Å². The molecule has 6 nitrogen and oxygen atoms in total. The maximum absolute atomic E-state index is 12.6. The molecule has 4 rings (SSSR count). The molecule has 0 spiro atoms. The van der Waals surface area contributed by atoms with Gasteiger partial charge < -0.3 is 5.11 Å². The molecule has 0 aliphatic carbocycles. The molecule has 4 unspecified atom stereocenters. The van der Waals surface area contributed by atoms with E-state index in [1.54, 1.807) is 0 Å². The van der Waals surface area contributed by atoms with Crippen LogP contribution in [0.3, 0.4) is 0 Å². The van der Waals surface area contributed by atoms with E-state index in [-0.39, 0.29) is 12.3 Å². The minimum absolute atomic E-state index is 0.0435. The van der Waals surface area contributed by atoms with Crippen LogP contribution in [0, 0.1) is 17.8 Å². The Bertz CT molecular complexity index is 955. The Balaban J connectivity index is 1.73. The molecular weight excluding hydrogens is 368 g/mol. The summed E-state index contributed by atoms with van der Waals surface area (Å²) in [6, 6.07) is 17.1. The number of benzene rings is 2. The van der Waals surface area contributed by atoms with Crippen molar-refractivity contribution in [2.75, 3.05) is 0 Å². The third-order valence-corrected chi connectivity index (χ3v) is 5.98. The van der Waals surface area contributed by atoms with Gasteiger partial charge in [-0.25, -0.2) is 0 Å². The fourth-order valence-electron chi connectivity index (χ4n) is 4.84. The van der Waals surface area contributed by atoms with Crippen molar-refractivity contribution in [2.24, 2.45) is 17.8 Å².